The fraction of sp³-hybridized carbons (Fsp3) is 0.700. The van der Waals surface area contributed by atoms with E-state index in [1.165, 1.54) is 7.11 Å². The van der Waals surface area contributed by atoms with Crippen molar-refractivity contribution in [3.05, 3.63) is 35.9 Å². The van der Waals surface area contributed by atoms with Crippen LogP contribution in [0.3, 0.4) is 0 Å². The number of methoxy groups -OCH3 is 1. The van der Waals surface area contributed by atoms with Gasteiger partial charge in [0.05, 0.1) is 7.11 Å². The van der Waals surface area contributed by atoms with Crippen LogP contribution in [0.5, 0.6) is 0 Å². The van der Waals surface area contributed by atoms with E-state index in [9.17, 15) is 28.8 Å². The largest absolute Gasteiger partial charge is 0.467 e. The van der Waals surface area contributed by atoms with Crippen LogP contribution in [0.4, 0.5) is 0 Å². The second-order valence-electron chi connectivity index (χ2n) is 15.6. The molecule has 1 rings (SSSR count). The Balaban J connectivity index is 3.26. The van der Waals surface area contributed by atoms with Gasteiger partial charge in [-0.1, -0.05) is 112 Å². The standard InChI is InChI=1S/C40H68N6O7/c1-12-26(9)35(39(51)46-36(27(10)13-2)40(52)53-11)44-33(48)22-29(41)30(21-28-17-15-14-16-18-28)43-38(50)34(25(7)8)45-37(49)31(19-23(3)4)42-32(47)20-24(5)6/h14-18,23-27,29-31,34-36H,12-13,19-22,41H2,1-11H3,(H,42,47)(H,43,50)(H,44,48)(H,45,49)(H,46,51)/t26-,27-,29-,30-,31-,34-,35-,36?/m0/s1. The Morgan fingerprint density at radius 3 is 1.68 bits per heavy atom. The maximum atomic E-state index is 13.9. The van der Waals surface area contributed by atoms with Crippen LogP contribution in [0, 0.1) is 29.6 Å². The van der Waals surface area contributed by atoms with Gasteiger partial charge in [0.15, 0.2) is 0 Å². The SMILES string of the molecule is CC[C@H](C)C(NC(=O)[C@@H](NC(=O)C[C@H](N)[C@H](Cc1ccccc1)NC(=O)[C@@H](NC(=O)[C@H](CC(C)C)NC(=O)CC(C)C)C(C)C)[C@@H](C)CC)C(=O)OC. The lowest BCUT2D eigenvalue weighted by Gasteiger charge is -2.31. The van der Waals surface area contributed by atoms with Gasteiger partial charge < -0.3 is 37.1 Å². The summed E-state index contributed by atoms with van der Waals surface area (Å²) in [6.07, 6.45) is 1.95. The first-order chi connectivity index (χ1) is 24.8. The average Bonchev–Trinajstić information content (AvgIpc) is 3.09. The molecule has 13 heteroatoms. The van der Waals surface area contributed by atoms with Crippen molar-refractivity contribution in [2.24, 2.45) is 35.3 Å². The minimum absolute atomic E-state index is 0.107. The summed E-state index contributed by atoms with van der Waals surface area (Å²) in [5.41, 5.74) is 7.55. The minimum atomic E-state index is -0.954. The average molecular weight is 745 g/mol. The molecule has 1 aromatic carbocycles. The summed E-state index contributed by atoms with van der Waals surface area (Å²) in [7, 11) is 1.26. The molecule has 0 aliphatic carbocycles. The van der Waals surface area contributed by atoms with Crippen LogP contribution in [0.15, 0.2) is 30.3 Å². The summed E-state index contributed by atoms with van der Waals surface area (Å²) in [4.78, 5) is 79.6. The summed E-state index contributed by atoms with van der Waals surface area (Å²) < 4.78 is 4.92. The summed E-state index contributed by atoms with van der Waals surface area (Å²) in [5.74, 6) is -3.28. The molecule has 7 N–H and O–H groups in total. The molecule has 0 heterocycles. The lowest BCUT2D eigenvalue weighted by atomic mass is 9.94. The first-order valence-corrected chi connectivity index (χ1v) is 19.2. The van der Waals surface area contributed by atoms with Gasteiger partial charge in [-0.25, -0.2) is 4.79 Å². The zero-order valence-corrected chi connectivity index (χ0v) is 33.9. The van der Waals surface area contributed by atoms with Gasteiger partial charge in [-0.3, -0.25) is 24.0 Å². The molecule has 300 valence electrons. The maximum Gasteiger partial charge on any atom is 0.328 e. The third kappa shape index (κ3) is 16.7. The number of nitrogens with two attached hydrogens (primary N) is 1. The fourth-order valence-electron chi connectivity index (χ4n) is 5.90. The second kappa shape index (κ2) is 23.6. The van der Waals surface area contributed by atoms with E-state index in [1.54, 1.807) is 0 Å². The fourth-order valence-corrected chi connectivity index (χ4v) is 5.90. The van der Waals surface area contributed by atoms with E-state index in [0.717, 1.165) is 5.56 Å². The molecule has 0 aliphatic heterocycles. The number of rotatable bonds is 23. The van der Waals surface area contributed by atoms with Crippen LogP contribution in [0.25, 0.3) is 0 Å². The van der Waals surface area contributed by atoms with E-state index in [-0.39, 0.29) is 48.3 Å². The van der Waals surface area contributed by atoms with Gasteiger partial charge in [0, 0.05) is 24.9 Å². The van der Waals surface area contributed by atoms with Crippen molar-refractivity contribution < 1.29 is 33.5 Å². The van der Waals surface area contributed by atoms with Crippen LogP contribution < -0.4 is 32.3 Å². The lowest BCUT2D eigenvalue weighted by Crippen LogP contribution is -2.60. The predicted molar refractivity (Wildman–Crippen MR) is 207 cm³/mol. The molecule has 0 aliphatic rings. The van der Waals surface area contributed by atoms with E-state index < -0.39 is 65.8 Å². The number of esters is 1. The van der Waals surface area contributed by atoms with E-state index in [1.807, 2.05) is 99.6 Å². The van der Waals surface area contributed by atoms with Crippen molar-refractivity contribution in [3.63, 3.8) is 0 Å². The quantitative estimate of drug-likeness (QED) is 0.0917. The molecule has 0 saturated heterocycles. The van der Waals surface area contributed by atoms with Gasteiger partial charge in [0.1, 0.15) is 24.2 Å². The topological polar surface area (TPSA) is 198 Å². The highest BCUT2D eigenvalue weighted by Gasteiger charge is 2.35. The Morgan fingerprint density at radius 2 is 1.17 bits per heavy atom. The molecule has 1 aromatic rings. The summed E-state index contributed by atoms with van der Waals surface area (Å²) in [6, 6.07) is 4.18. The Hall–Kier alpha value is -4.00. The van der Waals surface area contributed by atoms with Crippen molar-refractivity contribution in [1.82, 2.24) is 26.6 Å². The van der Waals surface area contributed by atoms with Gasteiger partial charge >= 0.3 is 5.97 Å². The van der Waals surface area contributed by atoms with Crippen LogP contribution in [0.2, 0.25) is 0 Å². The smallest absolute Gasteiger partial charge is 0.328 e. The van der Waals surface area contributed by atoms with E-state index in [2.05, 4.69) is 26.6 Å². The van der Waals surface area contributed by atoms with Crippen molar-refractivity contribution in [2.45, 2.75) is 144 Å². The maximum absolute atomic E-state index is 13.9. The van der Waals surface area contributed by atoms with Crippen LogP contribution in [-0.4, -0.2) is 78.9 Å². The number of hydrogen-bond donors (Lipinski definition) is 6. The van der Waals surface area contributed by atoms with Crippen molar-refractivity contribution in [1.29, 1.82) is 0 Å². The molecule has 5 amide bonds. The minimum Gasteiger partial charge on any atom is -0.467 e. The molecular weight excluding hydrogens is 676 g/mol. The molecule has 53 heavy (non-hydrogen) atoms. The summed E-state index contributed by atoms with van der Waals surface area (Å²) in [6.45, 7) is 18.9. The zero-order valence-electron chi connectivity index (χ0n) is 33.9. The monoisotopic (exact) mass is 745 g/mol. The number of benzene rings is 1. The van der Waals surface area contributed by atoms with Gasteiger partial charge in [0.25, 0.3) is 0 Å². The zero-order chi connectivity index (χ0) is 40.4. The molecule has 0 saturated carbocycles. The number of carbonyl (C=O) groups is 6. The molecule has 0 radical (unpaired) electrons. The molecule has 13 nitrogen and oxygen atoms in total. The predicted octanol–water partition coefficient (Wildman–Crippen LogP) is 3.38. The van der Waals surface area contributed by atoms with Crippen molar-refractivity contribution in [3.8, 4) is 0 Å². The number of carbonyl (C=O) groups excluding carboxylic acids is 6. The molecule has 0 bridgehead atoms. The second-order valence-corrected chi connectivity index (χ2v) is 15.6. The third-order valence-corrected chi connectivity index (χ3v) is 9.54. The van der Waals surface area contributed by atoms with Gasteiger partial charge in [-0.05, 0) is 48.0 Å². The van der Waals surface area contributed by atoms with Crippen LogP contribution >= 0.6 is 0 Å². The number of amides is 5. The molecule has 0 aromatic heterocycles. The van der Waals surface area contributed by atoms with E-state index >= 15 is 0 Å². The molecular formula is C40H68N6O7. The van der Waals surface area contributed by atoms with Crippen molar-refractivity contribution >= 4 is 35.5 Å². The van der Waals surface area contributed by atoms with E-state index in [4.69, 9.17) is 10.5 Å². The number of ether oxygens (including phenoxy) is 1. The lowest BCUT2D eigenvalue weighted by molar-refractivity contribution is -0.147. The Bertz CT molecular complexity index is 1320. The Morgan fingerprint density at radius 1 is 0.642 bits per heavy atom. The van der Waals surface area contributed by atoms with Gasteiger partial charge in [-0.15, -0.1) is 0 Å². The highest BCUT2D eigenvalue weighted by molar-refractivity contribution is 5.93. The highest BCUT2D eigenvalue weighted by Crippen LogP contribution is 2.15. The molecule has 8 atom stereocenters. The first-order valence-electron chi connectivity index (χ1n) is 19.2. The Kier molecular flexibility index (Phi) is 21.0. The highest BCUT2D eigenvalue weighted by atomic mass is 16.5. The summed E-state index contributed by atoms with van der Waals surface area (Å²) >= 11 is 0. The van der Waals surface area contributed by atoms with Gasteiger partial charge in [0.2, 0.25) is 29.5 Å². The Labute approximate surface area is 317 Å². The van der Waals surface area contributed by atoms with E-state index in [0.29, 0.717) is 25.7 Å². The molecule has 0 spiro atoms. The third-order valence-electron chi connectivity index (χ3n) is 9.54. The first kappa shape index (κ1) is 47.0. The number of hydrogen-bond acceptors (Lipinski definition) is 8. The van der Waals surface area contributed by atoms with Crippen molar-refractivity contribution in [2.75, 3.05) is 7.11 Å². The summed E-state index contributed by atoms with van der Waals surface area (Å²) in [5, 5.41) is 14.3. The number of nitrogens with one attached hydrogen (secondary N) is 5. The molecule has 0 fully saturated rings. The molecule has 1 unspecified atom stereocenters. The normalized spacial score (nSPS) is 16.0. The van der Waals surface area contributed by atoms with Crippen LogP contribution in [-0.2, 0) is 39.9 Å². The van der Waals surface area contributed by atoms with Gasteiger partial charge in [-0.2, -0.15) is 0 Å². The van der Waals surface area contributed by atoms with Crippen LogP contribution in [0.1, 0.15) is 107 Å².